The molecule has 3 aliphatic rings. The van der Waals surface area contributed by atoms with Crippen LogP contribution in [0.4, 0.5) is 0 Å². The van der Waals surface area contributed by atoms with E-state index >= 15 is 0 Å². The topological polar surface area (TPSA) is 51.8 Å². The van der Waals surface area contributed by atoms with Crippen LogP contribution in [0, 0.1) is 0 Å². The Labute approximate surface area is 398 Å². The first-order chi connectivity index (χ1) is 34.2. The molecule has 12 aromatic rings. The number of hydrogen-bond donors (Lipinski definition) is 0. The molecule has 4 nitrogen and oxygen atoms in total. The zero-order valence-electron chi connectivity index (χ0n) is 37.3. The zero-order valence-corrected chi connectivity index (χ0v) is 37.3. The van der Waals surface area contributed by atoms with Crippen LogP contribution in [0.5, 0.6) is 0 Å². The minimum absolute atomic E-state index is 0.554. The summed E-state index contributed by atoms with van der Waals surface area (Å²) in [7, 11) is 0. The standard InChI is InChI=1S/C65H39N3O/c1-3-19-40(20-4-1)61-66-62(41-21-5-2-6-22-41)68-63(67-61)43-24-17-23-42(39-43)44-28-18-29-48-58-55(37-38-57-59(58)47-27-9-16-36-56(47)69-57)65(60(44)48)53-34-14-12-32-51(53)64(52-33-13-15-35-54(52)65)49-30-10-7-25-45(49)46-26-8-11-31-50(46)64/h1-39H. The summed E-state index contributed by atoms with van der Waals surface area (Å²) in [6, 6.07) is 85.9. The molecular formula is C65H39N3O. The lowest BCUT2D eigenvalue weighted by atomic mass is 9.52. The van der Waals surface area contributed by atoms with Gasteiger partial charge in [-0.1, -0.05) is 218 Å². The normalized spacial score (nSPS) is 14.0. The lowest BCUT2D eigenvalue weighted by Crippen LogP contribution is -2.44. The van der Waals surface area contributed by atoms with Gasteiger partial charge in [0.15, 0.2) is 17.5 Å². The number of rotatable bonds is 4. The highest BCUT2D eigenvalue weighted by atomic mass is 16.3. The molecule has 3 aliphatic carbocycles. The highest BCUT2D eigenvalue weighted by Crippen LogP contribution is 2.69. The average Bonchev–Trinajstić information content (AvgIpc) is 4.06. The van der Waals surface area contributed by atoms with Crippen LogP contribution >= 0.6 is 0 Å². The van der Waals surface area contributed by atoms with Crippen molar-refractivity contribution in [2.24, 2.45) is 0 Å². The molecule has 2 spiro atoms. The Morgan fingerprint density at radius 3 is 1.36 bits per heavy atom. The summed E-state index contributed by atoms with van der Waals surface area (Å²) < 4.78 is 6.71. The maximum Gasteiger partial charge on any atom is 0.164 e. The third-order valence-corrected chi connectivity index (χ3v) is 15.2. The van der Waals surface area contributed by atoms with E-state index in [0.717, 1.165) is 49.8 Å². The molecule has 0 aliphatic heterocycles. The summed E-state index contributed by atoms with van der Waals surface area (Å²) in [6.45, 7) is 0. The number of furan rings is 1. The van der Waals surface area contributed by atoms with E-state index in [1.54, 1.807) is 0 Å². The quantitative estimate of drug-likeness (QED) is 0.177. The molecule has 0 fully saturated rings. The summed E-state index contributed by atoms with van der Waals surface area (Å²) in [4.78, 5) is 15.4. The van der Waals surface area contributed by atoms with E-state index in [2.05, 4.69) is 200 Å². The fraction of sp³-hybridized carbons (Fsp3) is 0.0308. The van der Waals surface area contributed by atoms with E-state index in [4.69, 9.17) is 19.4 Å². The van der Waals surface area contributed by atoms with Gasteiger partial charge < -0.3 is 4.42 Å². The molecule has 0 bridgehead atoms. The Morgan fingerprint density at radius 1 is 0.290 bits per heavy atom. The van der Waals surface area contributed by atoms with Crippen LogP contribution in [0.3, 0.4) is 0 Å². The molecule has 15 rings (SSSR count). The summed E-state index contributed by atoms with van der Waals surface area (Å²) in [5, 5.41) is 2.26. The lowest BCUT2D eigenvalue weighted by molar-refractivity contribution is 0.633. The molecule has 0 N–H and O–H groups in total. The van der Waals surface area contributed by atoms with Gasteiger partial charge in [-0.3, -0.25) is 0 Å². The van der Waals surface area contributed by atoms with Gasteiger partial charge in [0.25, 0.3) is 0 Å². The van der Waals surface area contributed by atoms with E-state index in [0.29, 0.717) is 17.5 Å². The predicted molar refractivity (Wildman–Crippen MR) is 277 cm³/mol. The molecule has 320 valence electrons. The zero-order chi connectivity index (χ0) is 45.3. The van der Waals surface area contributed by atoms with Gasteiger partial charge in [-0.25, -0.2) is 15.0 Å². The SMILES string of the molecule is c1ccc(-c2nc(-c3ccccc3)nc(-c3cccc(-c4cccc5c4C4(c6ccccc6C6(c7ccccc7-c7ccccc76)c6ccccc64)c4ccc6oc7ccccc7c6c4-5)c3)n2)cc1. The second-order valence-electron chi connectivity index (χ2n) is 18.5. The average molecular weight is 878 g/mol. The molecule has 0 amide bonds. The van der Waals surface area contributed by atoms with E-state index in [1.807, 2.05) is 36.4 Å². The second-order valence-corrected chi connectivity index (χ2v) is 18.5. The highest BCUT2D eigenvalue weighted by molar-refractivity contribution is 6.16. The minimum atomic E-state index is -0.733. The van der Waals surface area contributed by atoms with Gasteiger partial charge in [0.05, 0.1) is 10.8 Å². The summed E-state index contributed by atoms with van der Waals surface area (Å²) in [5.41, 5.74) is 20.8. The van der Waals surface area contributed by atoms with Crippen LogP contribution in [0.1, 0.15) is 44.5 Å². The monoisotopic (exact) mass is 877 g/mol. The smallest absolute Gasteiger partial charge is 0.164 e. The maximum atomic E-state index is 6.71. The number of para-hydroxylation sites is 1. The van der Waals surface area contributed by atoms with Crippen molar-refractivity contribution in [2.45, 2.75) is 10.8 Å². The Morgan fingerprint density at radius 2 is 0.739 bits per heavy atom. The number of hydrogen-bond acceptors (Lipinski definition) is 4. The van der Waals surface area contributed by atoms with Gasteiger partial charge in [0.2, 0.25) is 0 Å². The fourth-order valence-electron chi connectivity index (χ4n) is 12.7. The Bertz CT molecular complexity index is 3940. The maximum absolute atomic E-state index is 6.71. The van der Waals surface area contributed by atoms with Crippen molar-refractivity contribution in [3.63, 3.8) is 0 Å². The molecular weight excluding hydrogens is 839 g/mol. The summed E-state index contributed by atoms with van der Waals surface area (Å²) in [5.74, 6) is 1.89. The number of fused-ring (bicyclic) bond motifs is 20. The third kappa shape index (κ3) is 5.04. The van der Waals surface area contributed by atoms with Crippen molar-refractivity contribution in [3.8, 4) is 67.5 Å². The van der Waals surface area contributed by atoms with Crippen molar-refractivity contribution in [3.05, 3.63) is 281 Å². The molecule has 0 radical (unpaired) electrons. The molecule has 0 saturated carbocycles. The first kappa shape index (κ1) is 38.1. The molecule has 0 saturated heterocycles. The van der Waals surface area contributed by atoms with Crippen molar-refractivity contribution in [1.29, 1.82) is 0 Å². The van der Waals surface area contributed by atoms with E-state index in [-0.39, 0.29) is 0 Å². The first-order valence-corrected chi connectivity index (χ1v) is 23.7. The Kier molecular flexibility index (Phi) is 7.88. The summed E-state index contributed by atoms with van der Waals surface area (Å²) >= 11 is 0. The van der Waals surface area contributed by atoms with Gasteiger partial charge in [-0.15, -0.1) is 0 Å². The van der Waals surface area contributed by atoms with E-state index in [9.17, 15) is 0 Å². The van der Waals surface area contributed by atoms with Crippen LogP contribution in [0.15, 0.2) is 241 Å². The molecule has 2 aromatic heterocycles. The highest BCUT2D eigenvalue weighted by Gasteiger charge is 2.59. The Balaban J connectivity index is 1.05. The molecule has 10 aromatic carbocycles. The minimum Gasteiger partial charge on any atom is -0.456 e. The van der Waals surface area contributed by atoms with E-state index in [1.165, 1.54) is 66.8 Å². The van der Waals surface area contributed by atoms with Crippen LogP contribution in [-0.4, -0.2) is 15.0 Å². The van der Waals surface area contributed by atoms with Crippen LogP contribution in [-0.2, 0) is 10.8 Å². The Hall–Kier alpha value is -8.99. The molecule has 69 heavy (non-hydrogen) atoms. The van der Waals surface area contributed by atoms with Gasteiger partial charge in [-0.05, 0) is 96.1 Å². The number of benzene rings is 10. The van der Waals surface area contributed by atoms with Crippen molar-refractivity contribution >= 4 is 21.9 Å². The molecule has 2 heterocycles. The predicted octanol–water partition coefficient (Wildman–Crippen LogP) is 15.5. The van der Waals surface area contributed by atoms with Gasteiger partial charge >= 0.3 is 0 Å². The van der Waals surface area contributed by atoms with Gasteiger partial charge in [0, 0.05) is 27.5 Å². The molecule has 4 heteroatoms. The number of nitrogens with zero attached hydrogens (tertiary/aromatic N) is 3. The summed E-state index contributed by atoms with van der Waals surface area (Å²) in [6.07, 6.45) is 0. The van der Waals surface area contributed by atoms with Crippen LogP contribution in [0.25, 0.3) is 89.5 Å². The second kappa shape index (κ2) is 14.3. The van der Waals surface area contributed by atoms with E-state index < -0.39 is 10.8 Å². The van der Waals surface area contributed by atoms with Gasteiger partial charge in [-0.2, -0.15) is 0 Å². The van der Waals surface area contributed by atoms with Crippen molar-refractivity contribution in [2.75, 3.05) is 0 Å². The van der Waals surface area contributed by atoms with Crippen molar-refractivity contribution in [1.82, 2.24) is 15.0 Å². The number of aromatic nitrogens is 3. The largest absolute Gasteiger partial charge is 0.456 e. The molecule has 0 unspecified atom stereocenters. The van der Waals surface area contributed by atoms with Crippen LogP contribution in [0.2, 0.25) is 0 Å². The van der Waals surface area contributed by atoms with Crippen molar-refractivity contribution < 1.29 is 4.42 Å². The fourth-order valence-corrected chi connectivity index (χ4v) is 12.7. The third-order valence-electron chi connectivity index (χ3n) is 15.2. The first-order valence-electron chi connectivity index (χ1n) is 23.7. The van der Waals surface area contributed by atoms with Gasteiger partial charge in [0.1, 0.15) is 11.2 Å². The lowest BCUT2D eigenvalue weighted by Gasteiger charge is -2.49. The molecule has 0 atom stereocenters. The van der Waals surface area contributed by atoms with Crippen LogP contribution < -0.4 is 0 Å².